The molecule has 0 aromatic carbocycles. The maximum absolute atomic E-state index is 10.9. The minimum absolute atomic E-state index is 0.291. The van der Waals surface area contributed by atoms with Gasteiger partial charge in [-0.05, 0) is 17.8 Å². The van der Waals surface area contributed by atoms with Gasteiger partial charge < -0.3 is 5.32 Å². The molecular formula is C8H13Cl2NO. The van der Waals surface area contributed by atoms with Crippen LogP contribution in [0.4, 0.5) is 0 Å². The van der Waals surface area contributed by atoms with E-state index in [2.05, 4.69) is 19.2 Å². The van der Waals surface area contributed by atoms with E-state index < -0.39 is 4.84 Å². The highest BCUT2D eigenvalue weighted by molar-refractivity contribution is 6.53. The van der Waals surface area contributed by atoms with Crippen LogP contribution < -0.4 is 5.32 Å². The van der Waals surface area contributed by atoms with E-state index in [1.807, 2.05) is 0 Å². The fraction of sp³-hybridized carbons (Fsp3) is 0.875. The molecule has 0 heterocycles. The predicted molar refractivity (Wildman–Crippen MR) is 50.4 cm³/mol. The molecule has 2 nitrogen and oxygen atoms in total. The van der Waals surface area contributed by atoms with Gasteiger partial charge in [-0.1, -0.05) is 37.0 Å². The highest BCUT2D eigenvalue weighted by atomic mass is 35.5. The molecule has 12 heavy (non-hydrogen) atoms. The van der Waals surface area contributed by atoms with Crippen molar-refractivity contribution in [3.8, 4) is 0 Å². The number of hydrogen-bond donors (Lipinski definition) is 1. The summed E-state index contributed by atoms with van der Waals surface area (Å²) in [7, 11) is 0. The Morgan fingerprint density at radius 3 is 2.50 bits per heavy atom. The zero-order valence-corrected chi connectivity index (χ0v) is 8.74. The van der Waals surface area contributed by atoms with Crippen molar-refractivity contribution < 1.29 is 4.79 Å². The zero-order valence-electron chi connectivity index (χ0n) is 7.23. The van der Waals surface area contributed by atoms with Gasteiger partial charge in [-0.3, -0.25) is 4.79 Å². The minimum Gasteiger partial charge on any atom is -0.353 e. The first-order valence-corrected chi connectivity index (χ1v) is 4.86. The fourth-order valence-corrected chi connectivity index (χ4v) is 1.38. The van der Waals surface area contributed by atoms with E-state index >= 15 is 0 Å². The average molecular weight is 210 g/mol. The van der Waals surface area contributed by atoms with Crippen LogP contribution in [0.3, 0.4) is 0 Å². The minimum atomic E-state index is -0.938. The number of carbonyl (C=O) groups is 1. The highest BCUT2D eigenvalue weighted by Gasteiger charge is 2.45. The van der Waals surface area contributed by atoms with Crippen LogP contribution in [0.25, 0.3) is 0 Å². The van der Waals surface area contributed by atoms with Crippen LogP contribution in [0.5, 0.6) is 0 Å². The number of halogens is 2. The van der Waals surface area contributed by atoms with Gasteiger partial charge in [0.25, 0.3) is 5.91 Å². The lowest BCUT2D eigenvalue weighted by Crippen LogP contribution is -2.30. The van der Waals surface area contributed by atoms with Gasteiger partial charge in [-0.15, -0.1) is 0 Å². The van der Waals surface area contributed by atoms with E-state index in [9.17, 15) is 4.79 Å². The summed E-state index contributed by atoms with van der Waals surface area (Å²) in [6, 6.07) is 0. The van der Waals surface area contributed by atoms with Crippen molar-refractivity contribution in [3.63, 3.8) is 0 Å². The maximum atomic E-state index is 10.9. The Hall–Kier alpha value is 0.0500. The van der Waals surface area contributed by atoms with E-state index in [-0.39, 0.29) is 5.91 Å². The Morgan fingerprint density at radius 2 is 2.17 bits per heavy atom. The molecule has 4 heteroatoms. The van der Waals surface area contributed by atoms with Gasteiger partial charge in [0.1, 0.15) is 0 Å². The predicted octanol–water partition coefficient (Wildman–Crippen LogP) is 1.95. The summed E-state index contributed by atoms with van der Waals surface area (Å²) in [4.78, 5) is 9.97. The van der Waals surface area contributed by atoms with Crippen LogP contribution in [0.15, 0.2) is 0 Å². The standard InChI is InChI=1S/C8H13Cl2NO/c1-8(2)3-5(8)4-11-7(12)6(9)10/h5-6H,3-4H2,1-2H3,(H,11,12). The smallest absolute Gasteiger partial charge is 0.253 e. The SMILES string of the molecule is CC1(C)CC1CNC(=O)C(Cl)Cl. The highest BCUT2D eigenvalue weighted by Crippen LogP contribution is 2.50. The van der Waals surface area contributed by atoms with Crippen LogP contribution in [-0.2, 0) is 4.79 Å². The van der Waals surface area contributed by atoms with Crippen LogP contribution >= 0.6 is 23.2 Å². The second-order valence-corrected chi connectivity index (χ2v) is 5.03. The molecule has 1 atom stereocenters. The molecule has 0 saturated heterocycles. The first-order chi connectivity index (χ1) is 5.43. The molecule has 0 radical (unpaired) electrons. The van der Waals surface area contributed by atoms with Gasteiger partial charge in [0.05, 0.1) is 0 Å². The van der Waals surface area contributed by atoms with E-state index in [4.69, 9.17) is 23.2 Å². The molecule has 1 rings (SSSR count). The molecule has 0 aromatic heterocycles. The second kappa shape index (κ2) is 3.43. The van der Waals surface area contributed by atoms with Crippen molar-refractivity contribution in [2.75, 3.05) is 6.54 Å². The first-order valence-electron chi connectivity index (χ1n) is 3.99. The molecule has 1 amide bonds. The van der Waals surface area contributed by atoms with Crippen molar-refractivity contribution in [2.45, 2.75) is 25.1 Å². The fourth-order valence-electron chi connectivity index (χ4n) is 1.23. The van der Waals surface area contributed by atoms with Crippen LogP contribution in [-0.4, -0.2) is 17.3 Å². The lowest BCUT2D eigenvalue weighted by atomic mass is 10.1. The van der Waals surface area contributed by atoms with E-state index in [1.54, 1.807) is 0 Å². The average Bonchev–Trinajstić information content (AvgIpc) is 2.54. The summed E-state index contributed by atoms with van der Waals surface area (Å²) in [5, 5.41) is 2.70. The monoisotopic (exact) mass is 209 g/mol. The molecular weight excluding hydrogens is 197 g/mol. The molecule has 1 saturated carbocycles. The number of amides is 1. The number of nitrogens with one attached hydrogen (secondary N) is 1. The summed E-state index contributed by atoms with van der Waals surface area (Å²) >= 11 is 10.7. The lowest BCUT2D eigenvalue weighted by molar-refractivity contribution is -0.119. The van der Waals surface area contributed by atoms with E-state index in [1.165, 1.54) is 6.42 Å². The topological polar surface area (TPSA) is 29.1 Å². The Bertz CT molecular complexity index is 191. The van der Waals surface area contributed by atoms with Crippen molar-refractivity contribution >= 4 is 29.1 Å². The van der Waals surface area contributed by atoms with Crippen LogP contribution in [0, 0.1) is 11.3 Å². The molecule has 1 aliphatic carbocycles. The van der Waals surface area contributed by atoms with Crippen LogP contribution in [0.1, 0.15) is 20.3 Å². The van der Waals surface area contributed by atoms with E-state index in [0.29, 0.717) is 17.9 Å². The summed E-state index contributed by atoms with van der Waals surface area (Å²) in [5.74, 6) is 0.301. The largest absolute Gasteiger partial charge is 0.353 e. The first kappa shape index (κ1) is 10.1. The number of hydrogen-bond acceptors (Lipinski definition) is 1. The van der Waals surface area contributed by atoms with Gasteiger partial charge in [-0.2, -0.15) is 0 Å². The third kappa shape index (κ3) is 2.53. The molecule has 0 aromatic rings. The Balaban J connectivity index is 2.16. The van der Waals surface area contributed by atoms with Gasteiger partial charge in [-0.25, -0.2) is 0 Å². The van der Waals surface area contributed by atoms with Crippen molar-refractivity contribution in [1.82, 2.24) is 5.32 Å². The van der Waals surface area contributed by atoms with Crippen molar-refractivity contribution in [3.05, 3.63) is 0 Å². The molecule has 0 bridgehead atoms. The molecule has 1 unspecified atom stereocenters. The summed E-state index contributed by atoms with van der Waals surface area (Å²) in [5.41, 5.74) is 0.390. The van der Waals surface area contributed by atoms with Crippen LogP contribution in [0.2, 0.25) is 0 Å². The Morgan fingerprint density at radius 1 is 1.67 bits per heavy atom. The van der Waals surface area contributed by atoms with E-state index in [0.717, 1.165) is 0 Å². The van der Waals surface area contributed by atoms with Crippen molar-refractivity contribution in [2.24, 2.45) is 11.3 Å². The number of carbonyl (C=O) groups excluding carboxylic acids is 1. The van der Waals surface area contributed by atoms with Gasteiger partial charge in [0, 0.05) is 6.54 Å². The molecule has 0 aliphatic heterocycles. The Kier molecular flexibility index (Phi) is 2.89. The van der Waals surface area contributed by atoms with Crippen molar-refractivity contribution in [1.29, 1.82) is 0 Å². The Labute approximate surface area is 82.6 Å². The summed E-state index contributed by atoms with van der Waals surface area (Å²) in [6.45, 7) is 5.06. The molecule has 0 spiro atoms. The zero-order chi connectivity index (χ0) is 9.35. The number of alkyl halides is 2. The lowest BCUT2D eigenvalue weighted by Gasteiger charge is -2.06. The number of rotatable bonds is 3. The normalized spacial score (nSPS) is 25.6. The van der Waals surface area contributed by atoms with Gasteiger partial charge >= 0.3 is 0 Å². The maximum Gasteiger partial charge on any atom is 0.253 e. The summed E-state index contributed by atoms with van der Waals surface area (Å²) in [6.07, 6.45) is 1.17. The van der Waals surface area contributed by atoms with Gasteiger partial charge in [0.15, 0.2) is 4.84 Å². The second-order valence-electron chi connectivity index (χ2n) is 3.94. The third-order valence-electron chi connectivity index (χ3n) is 2.44. The third-order valence-corrected chi connectivity index (χ3v) is 2.83. The molecule has 1 N–H and O–H groups in total. The molecule has 1 aliphatic rings. The summed E-state index contributed by atoms with van der Waals surface area (Å²) < 4.78 is 0. The van der Waals surface area contributed by atoms with Gasteiger partial charge in [0.2, 0.25) is 0 Å². The quantitative estimate of drug-likeness (QED) is 0.708. The molecule has 1 fully saturated rings. The molecule has 70 valence electrons.